The molecule has 5 nitrogen and oxygen atoms in total. The molecule has 31 heavy (non-hydrogen) atoms. The van der Waals surface area contributed by atoms with Crippen molar-refractivity contribution >= 4 is 74.0 Å². The van der Waals surface area contributed by atoms with Gasteiger partial charge in [0.1, 0.15) is 11.0 Å². The summed E-state index contributed by atoms with van der Waals surface area (Å²) in [7, 11) is -3.99. The number of benzene rings is 3. The van der Waals surface area contributed by atoms with Gasteiger partial charge in [-0.15, -0.1) is 0 Å². The van der Waals surface area contributed by atoms with Crippen LogP contribution in [0.1, 0.15) is 5.56 Å². The number of anilines is 1. The van der Waals surface area contributed by atoms with Crippen LogP contribution >= 0.6 is 46.4 Å². The molecule has 10 heteroatoms. The topological polar surface area (TPSA) is 67.8 Å². The molecule has 3 aromatic carbocycles. The van der Waals surface area contributed by atoms with E-state index in [1.807, 2.05) is 24.3 Å². The van der Waals surface area contributed by atoms with Crippen molar-refractivity contribution in [2.75, 3.05) is 4.72 Å². The minimum atomic E-state index is -3.99. The van der Waals surface area contributed by atoms with E-state index >= 15 is 0 Å². The summed E-state index contributed by atoms with van der Waals surface area (Å²) in [5.41, 5.74) is 2.10. The molecule has 0 saturated carbocycles. The van der Waals surface area contributed by atoms with Crippen molar-refractivity contribution < 1.29 is 13.2 Å². The van der Waals surface area contributed by atoms with E-state index in [1.165, 1.54) is 30.3 Å². The van der Waals surface area contributed by atoms with Gasteiger partial charge in [-0.2, -0.15) is 0 Å². The molecule has 0 amide bonds. The second-order valence-corrected chi connectivity index (χ2v) is 10.0. The lowest BCUT2D eigenvalue weighted by atomic mass is 10.0. The Morgan fingerprint density at radius 3 is 2.35 bits per heavy atom. The zero-order valence-electron chi connectivity index (χ0n) is 15.7. The molecule has 0 aromatic heterocycles. The summed E-state index contributed by atoms with van der Waals surface area (Å²) in [6.45, 7) is 0. The number of fused-ring (bicyclic) bond motifs is 1. The molecule has 0 saturated heterocycles. The maximum atomic E-state index is 12.7. The van der Waals surface area contributed by atoms with Gasteiger partial charge >= 0.3 is 0 Å². The fourth-order valence-corrected chi connectivity index (χ4v) is 5.49. The van der Waals surface area contributed by atoms with Crippen LogP contribution in [0.25, 0.3) is 0 Å². The highest BCUT2D eigenvalue weighted by atomic mass is 35.5. The Hall–Kier alpha value is -1.96. The number of nitrogens with zero attached hydrogens (tertiary/aromatic N) is 1. The molecule has 1 heterocycles. The molecule has 0 aliphatic carbocycles. The molecule has 1 N–H and O–H groups in total. The summed E-state index contributed by atoms with van der Waals surface area (Å²) in [6, 6.07) is 14.7. The van der Waals surface area contributed by atoms with Gasteiger partial charge in [0, 0.05) is 17.7 Å². The molecular formula is C21H14Cl4N2O3S. The average Bonchev–Trinajstić information content (AvgIpc) is 2.70. The first kappa shape index (κ1) is 22.2. The molecule has 1 aliphatic rings. The first-order chi connectivity index (χ1) is 14.7. The molecule has 4 rings (SSSR count). The second kappa shape index (κ2) is 8.88. The van der Waals surface area contributed by atoms with E-state index in [9.17, 15) is 8.42 Å². The Kier molecular flexibility index (Phi) is 6.37. The van der Waals surface area contributed by atoms with E-state index in [1.54, 1.807) is 6.21 Å². The van der Waals surface area contributed by atoms with Gasteiger partial charge in [-0.05, 0) is 42.0 Å². The van der Waals surface area contributed by atoms with Crippen LogP contribution in [0, 0.1) is 0 Å². The number of nitrogens with one attached hydrogen (secondary N) is 1. The van der Waals surface area contributed by atoms with Crippen LogP contribution in [0.3, 0.4) is 0 Å². The third kappa shape index (κ3) is 4.94. The van der Waals surface area contributed by atoms with Crippen LogP contribution in [-0.4, -0.2) is 20.7 Å². The Morgan fingerprint density at radius 2 is 1.65 bits per heavy atom. The minimum Gasteiger partial charge on any atom is -0.481 e. The van der Waals surface area contributed by atoms with Gasteiger partial charge in [0.05, 0.1) is 26.4 Å². The van der Waals surface area contributed by atoms with Gasteiger partial charge in [-0.25, -0.2) is 8.42 Å². The number of rotatable bonds is 5. The van der Waals surface area contributed by atoms with Crippen LogP contribution in [0.5, 0.6) is 5.75 Å². The van der Waals surface area contributed by atoms with E-state index in [0.29, 0.717) is 11.4 Å². The summed E-state index contributed by atoms with van der Waals surface area (Å²) in [4.78, 5) is 4.27. The Bertz CT molecular complexity index is 1270. The molecule has 1 atom stereocenters. The van der Waals surface area contributed by atoms with Crippen LogP contribution in [0.2, 0.25) is 20.1 Å². The molecule has 1 unspecified atom stereocenters. The molecule has 0 bridgehead atoms. The molecule has 3 aromatic rings. The fraction of sp³-hybridized carbons (Fsp3) is 0.0952. The SMILES string of the molecule is O=S(=O)(Nc1cc(Cl)c(OC2C=Nc3ccccc3C2)c(Cl)c1)c1ccc(Cl)cc1Cl. The maximum absolute atomic E-state index is 12.7. The highest BCUT2D eigenvalue weighted by Gasteiger charge is 2.22. The zero-order valence-corrected chi connectivity index (χ0v) is 19.5. The maximum Gasteiger partial charge on any atom is 0.263 e. The number of sulfonamides is 1. The van der Waals surface area contributed by atoms with Crippen molar-refractivity contribution in [2.24, 2.45) is 4.99 Å². The normalized spacial score (nSPS) is 15.4. The molecule has 0 radical (unpaired) electrons. The Balaban J connectivity index is 1.55. The Morgan fingerprint density at radius 1 is 0.935 bits per heavy atom. The van der Waals surface area contributed by atoms with Gasteiger partial charge in [-0.3, -0.25) is 9.71 Å². The second-order valence-electron chi connectivity index (χ2n) is 6.72. The standard InChI is InChI=1S/C21H14Cl4N2O3S/c22-13-5-6-20(16(23)8-13)31(28,29)27-14-9-17(24)21(18(25)10-14)30-15-7-12-3-1-2-4-19(12)26-11-15/h1-6,8-11,15,27H,7H2. The van der Waals surface area contributed by atoms with Gasteiger partial charge in [0.2, 0.25) is 0 Å². The number of para-hydroxylation sites is 1. The number of halogens is 4. The lowest BCUT2D eigenvalue weighted by Crippen LogP contribution is -2.24. The summed E-state index contributed by atoms with van der Waals surface area (Å²) < 4.78 is 33.8. The summed E-state index contributed by atoms with van der Waals surface area (Å²) in [5.74, 6) is 0.242. The van der Waals surface area contributed by atoms with E-state index in [-0.39, 0.29) is 37.5 Å². The summed E-state index contributed by atoms with van der Waals surface area (Å²) in [6.07, 6.45) is 1.93. The number of aliphatic imine (C=N–C) groups is 1. The largest absolute Gasteiger partial charge is 0.481 e. The lowest BCUT2D eigenvalue weighted by Gasteiger charge is -2.21. The summed E-state index contributed by atoms with van der Waals surface area (Å²) >= 11 is 24.6. The molecule has 0 spiro atoms. The van der Waals surface area contributed by atoms with Crippen molar-refractivity contribution in [1.82, 2.24) is 0 Å². The predicted octanol–water partition coefficient (Wildman–Crippen LogP) is 6.81. The average molecular weight is 516 g/mol. The lowest BCUT2D eigenvalue weighted by molar-refractivity contribution is 0.271. The van der Waals surface area contributed by atoms with Crippen molar-refractivity contribution in [3.05, 3.63) is 80.3 Å². The molecule has 0 fully saturated rings. The van der Waals surface area contributed by atoms with Crippen LogP contribution in [-0.2, 0) is 16.4 Å². The van der Waals surface area contributed by atoms with Gasteiger partial charge in [0.25, 0.3) is 10.0 Å². The molecular weight excluding hydrogens is 502 g/mol. The molecule has 1 aliphatic heterocycles. The number of hydrogen-bond donors (Lipinski definition) is 1. The van der Waals surface area contributed by atoms with E-state index in [2.05, 4.69) is 9.71 Å². The first-order valence-corrected chi connectivity index (χ1v) is 12.0. The van der Waals surface area contributed by atoms with Crippen LogP contribution < -0.4 is 9.46 Å². The highest BCUT2D eigenvalue weighted by molar-refractivity contribution is 7.92. The van der Waals surface area contributed by atoms with Gasteiger partial charge in [0.15, 0.2) is 5.75 Å². The Labute approximate surface area is 199 Å². The number of hydrogen-bond acceptors (Lipinski definition) is 4. The van der Waals surface area contributed by atoms with E-state index < -0.39 is 10.0 Å². The van der Waals surface area contributed by atoms with Crippen molar-refractivity contribution in [1.29, 1.82) is 0 Å². The van der Waals surface area contributed by atoms with E-state index in [0.717, 1.165) is 11.3 Å². The minimum absolute atomic E-state index is 0.00554. The van der Waals surface area contributed by atoms with Crippen LogP contribution in [0.4, 0.5) is 11.4 Å². The van der Waals surface area contributed by atoms with Crippen molar-refractivity contribution in [3.63, 3.8) is 0 Å². The van der Waals surface area contributed by atoms with Crippen LogP contribution in [0.15, 0.2) is 64.5 Å². The summed E-state index contributed by atoms with van der Waals surface area (Å²) in [5, 5.41) is 0.624. The third-order valence-corrected chi connectivity index (χ3v) is 7.16. The van der Waals surface area contributed by atoms with Gasteiger partial charge in [-0.1, -0.05) is 64.6 Å². The third-order valence-electron chi connectivity index (χ3n) is 4.50. The van der Waals surface area contributed by atoms with Crippen molar-refractivity contribution in [3.8, 4) is 5.75 Å². The van der Waals surface area contributed by atoms with Gasteiger partial charge < -0.3 is 4.74 Å². The van der Waals surface area contributed by atoms with Crippen molar-refractivity contribution in [2.45, 2.75) is 17.4 Å². The van der Waals surface area contributed by atoms with E-state index in [4.69, 9.17) is 51.1 Å². The number of ether oxygens (including phenoxy) is 1. The monoisotopic (exact) mass is 514 g/mol. The molecule has 160 valence electrons. The highest BCUT2D eigenvalue weighted by Crippen LogP contribution is 2.38. The smallest absolute Gasteiger partial charge is 0.263 e. The quantitative estimate of drug-likeness (QED) is 0.406. The fourth-order valence-electron chi connectivity index (χ4n) is 3.10. The first-order valence-electron chi connectivity index (χ1n) is 8.98. The predicted molar refractivity (Wildman–Crippen MR) is 126 cm³/mol. The zero-order chi connectivity index (χ0) is 22.2.